The molecule has 5 heteroatoms. The second-order valence-electron chi connectivity index (χ2n) is 5.36. The van der Waals surface area contributed by atoms with Crippen LogP contribution < -0.4 is 5.73 Å². The molecule has 0 aliphatic carbocycles. The molecule has 0 aliphatic heterocycles. The number of thiazole rings is 1. The Labute approximate surface area is 128 Å². The highest BCUT2D eigenvalue weighted by Crippen LogP contribution is 2.32. The van der Waals surface area contributed by atoms with E-state index < -0.39 is 0 Å². The number of nitrogen functional groups attached to an aromatic ring is 1. The van der Waals surface area contributed by atoms with Crippen LogP contribution in [0.15, 0.2) is 18.2 Å². The van der Waals surface area contributed by atoms with Gasteiger partial charge in [-0.15, -0.1) is 11.3 Å². The van der Waals surface area contributed by atoms with Crippen molar-refractivity contribution in [3.8, 4) is 0 Å². The Morgan fingerprint density at radius 1 is 1.29 bits per heavy atom. The molecule has 110 valence electrons. The van der Waals surface area contributed by atoms with Crippen LogP contribution in [0, 0.1) is 13.8 Å². The van der Waals surface area contributed by atoms with Crippen molar-refractivity contribution >= 4 is 28.1 Å². The normalized spacial score (nSPS) is 13.0. The molecule has 0 aliphatic rings. The molecule has 0 fully saturated rings. The van der Waals surface area contributed by atoms with E-state index in [1.807, 2.05) is 12.1 Å². The van der Waals surface area contributed by atoms with E-state index in [0.717, 1.165) is 39.7 Å². The molecule has 2 aromatic heterocycles. The van der Waals surface area contributed by atoms with Crippen LogP contribution in [-0.2, 0) is 6.42 Å². The Kier molecular flexibility index (Phi) is 3.45. The van der Waals surface area contributed by atoms with E-state index in [1.54, 1.807) is 11.3 Å². The smallest absolute Gasteiger partial charge is 0.110 e. The van der Waals surface area contributed by atoms with Gasteiger partial charge in [0.15, 0.2) is 0 Å². The average molecular weight is 300 g/mol. The van der Waals surface area contributed by atoms with E-state index in [0.29, 0.717) is 0 Å². The van der Waals surface area contributed by atoms with Crippen LogP contribution in [0.3, 0.4) is 0 Å². The highest BCUT2D eigenvalue weighted by Gasteiger charge is 2.20. The maximum atomic E-state index is 5.88. The van der Waals surface area contributed by atoms with E-state index in [-0.39, 0.29) is 6.04 Å². The minimum atomic E-state index is 0.236. The van der Waals surface area contributed by atoms with Gasteiger partial charge in [0.25, 0.3) is 0 Å². The molecule has 3 aromatic rings. The molecule has 0 amide bonds. The van der Waals surface area contributed by atoms with Gasteiger partial charge in [-0.25, -0.2) is 9.97 Å². The van der Waals surface area contributed by atoms with E-state index in [1.165, 1.54) is 4.88 Å². The van der Waals surface area contributed by atoms with Gasteiger partial charge in [-0.1, -0.05) is 6.92 Å². The van der Waals surface area contributed by atoms with Crippen molar-refractivity contribution in [2.24, 2.45) is 0 Å². The minimum Gasteiger partial charge on any atom is -0.399 e. The van der Waals surface area contributed by atoms with Gasteiger partial charge in [-0.05, 0) is 39.0 Å². The fourth-order valence-electron chi connectivity index (χ4n) is 2.90. The predicted molar refractivity (Wildman–Crippen MR) is 88.9 cm³/mol. The third-order valence-corrected chi connectivity index (χ3v) is 5.05. The van der Waals surface area contributed by atoms with E-state index >= 15 is 0 Å². The van der Waals surface area contributed by atoms with Gasteiger partial charge in [-0.2, -0.15) is 0 Å². The summed E-state index contributed by atoms with van der Waals surface area (Å²) in [6.07, 6.45) is 0.899. The highest BCUT2D eigenvalue weighted by molar-refractivity contribution is 7.11. The second kappa shape index (κ2) is 5.15. The highest BCUT2D eigenvalue weighted by atomic mass is 32.1. The van der Waals surface area contributed by atoms with Crippen LogP contribution in [0.25, 0.3) is 11.0 Å². The number of hydrogen-bond donors (Lipinski definition) is 1. The summed E-state index contributed by atoms with van der Waals surface area (Å²) < 4.78 is 2.31. The number of anilines is 1. The molecular weight excluding hydrogens is 280 g/mol. The summed E-state index contributed by atoms with van der Waals surface area (Å²) >= 11 is 1.77. The van der Waals surface area contributed by atoms with Crippen LogP contribution in [0.1, 0.15) is 41.3 Å². The number of aromatic nitrogens is 3. The molecule has 0 saturated heterocycles. The standard InChI is InChI=1S/C16H20N4S/c1-5-15-19-13-8-12(17)6-7-14(13)20(15)10(3)16-9(2)18-11(4)21-16/h6-8,10H,5,17H2,1-4H3. The van der Waals surface area contributed by atoms with Crippen molar-refractivity contribution < 1.29 is 0 Å². The third-order valence-electron chi connectivity index (χ3n) is 3.81. The maximum Gasteiger partial charge on any atom is 0.110 e. The summed E-state index contributed by atoms with van der Waals surface area (Å²) in [7, 11) is 0. The van der Waals surface area contributed by atoms with Gasteiger partial charge in [0.1, 0.15) is 5.82 Å². The number of aryl methyl sites for hydroxylation is 3. The number of nitrogens with zero attached hydrogens (tertiary/aromatic N) is 3. The summed E-state index contributed by atoms with van der Waals surface area (Å²) in [5.74, 6) is 1.09. The molecule has 21 heavy (non-hydrogen) atoms. The molecule has 0 radical (unpaired) electrons. The first-order chi connectivity index (χ1) is 10.0. The summed E-state index contributed by atoms with van der Waals surface area (Å²) in [6, 6.07) is 6.19. The fourth-order valence-corrected chi connectivity index (χ4v) is 3.87. The lowest BCUT2D eigenvalue weighted by molar-refractivity contribution is 0.628. The zero-order valence-corrected chi connectivity index (χ0v) is 13.7. The average Bonchev–Trinajstić information content (AvgIpc) is 2.97. The molecular formula is C16H20N4S. The summed E-state index contributed by atoms with van der Waals surface area (Å²) in [6.45, 7) is 8.49. The summed E-state index contributed by atoms with van der Waals surface area (Å²) in [5, 5.41) is 1.11. The van der Waals surface area contributed by atoms with Crippen molar-refractivity contribution in [1.82, 2.24) is 14.5 Å². The maximum absolute atomic E-state index is 5.88. The number of nitrogens with two attached hydrogens (primary N) is 1. The molecule has 0 spiro atoms. The summed E-state index contributed by atoms with van der Waals surface area (Å²) in [5.41, 5.74) is 9.86. The van der Waals surface area contributed by atoms with Gasteiger partial charge in [0, 0.05) is 12.1 Å². The van der Waals surface area contributed by atoms with Crippen LogP contribution in [0.2, 0.25) is 0 Å². The van der Waals surface area contributed by atoms with Crippen LogP contribution in [-0.4, -0.2) is 14.5 Å². The monoisotopic (exact) mass is 300 g/mol. The molecule has 1 unspecified atom stereocenters. The lowest BCUT2D eigenvalue weighted by atomic mass is 10.2. The zero-order valence-electron chi connectivity index (χ0n) is 12.8. The molecule has 3 rings (SSSR count). The molecule has 0 saturated carbocycles. The number of fused-ring (bicyclic) bond motifs is 1. The third kappa shape index (κ3) is 2.31. The molecule has 2 N–H and O–H groups in total. The predicted octanol–water partition coefficient (Wildman–Crippen LogP) is 3.86. The zero-order chi connectivity index (χ0) is 15.1. The summed E-state index contributed by atoms with van der Waals surface area (Å²) in [4.78, 5) is 10.6. The minimum absolute atomic E-state index is 0.236. The van der Waals surface area contributed by atoms with Crippen LogP contribution in [0.5, 0.6) is 0 Å². The number of benzene rings is 1. The Morgan fingerprint density at radius 2 is 2.05 bits per heavy atom. The van der Waals surface area contributed by atoms with E-state index in [9.17, 15) is 0 Å². The van der Waals surface area contributed by atoms with Crippen molar-refractivity contribution in [3.63, 3.8) is 0 Å². The second-order valence-corrected chi connectivity index (χ2v) is 6.59. The molecule has 2 heterocycles. The largest absolute Gasteiger partial charge is 0.399 e. The number of rotatable bonds is 3. The molecule has 0 bridgehead atoms. The lowest BCUT2D eigenvalue weighted by Gasteiger charge is -2.16. The number of imidazole rings is 1. The van der Waals surface area contributed by atoms with Gasteiger partial charge in [-0.3, -0.25) is 0 Å². The first-order valence-electron chi connectivity index (χ1n) is 7.21. The van der Waals surface area contributed by atoms with Crippen LogP contribution >= 0.6 is 11.3 Å². The van der Waals surface area contributed by atoms with Gasteiger partial charge < -0.3 is 10.3 Å². The van der Waals surface area contributed by atoms with Crippen molar-refractivity contribution in [1.29, 1.82) is 0 Å². The Bertz CT molecular complexity index is 800. The Balaban J connectivity index is 2.20. The number of hydrogen-bond acceptors (Lipinski definition) is 4. The van der Waals surface area contributed by atoms with E-state index in [4.69, 9.17) is 10.7 Å². The van der Waals surface area contributed by atoms with Gasteiger partial charge in [0.2, 0.25) is 0 Å². The fraction of sp³-hybridized carbons (Fsp3) is 0.375. The van der Waals surface area contributed by atoms with Crippen molar-refractivity contribution in [2.75, 3.05) is 5.73 Å². The molecule has 1 aromatic carbocycles. The topological polar surface area (TPSA) is 56.7 Å². The van der Waals surface area contributed by atoms with Crippen LogP contribution in [0.4, 0.5) is 5.69 Å². The molecule has 4 nitrogen and oxygen atoms in total. The quantitative estimate of drug-likeness (QED) is 0.747. The Morgan fingerprint density at radius 3 is 2.67 bits per heavy atom. The van der Waals surface area contributed by atoms with Crippen molar-refractivity contribution in [3.05, 3.63) is 39.6 Å². The Hall–Kier alpha value is -1.88. The first-order valence-corrected chi connectivity index (χ1v) is 8.03. The lowest BCUT2D eigenvalue weighted by Crippen LogP contribution is -2.10. The van der Waals surface area contributed by atoms with Gasteiger partial charge >= 0.3 is 0 Å². The first kappa shape index (κ1) is 14.1. The van der Waals surface area contributed by atoms with Gasteiger partial charge in [0.05, 0.1) is 32.7 Å². The van der Waals surface area contributed by atoms with E-state index in [2.05, 4.69) is 43.3 Å². The van der Waals surface area contributed by atoms with Crippen molar-refractivity contribution in [2.45, 2.75) is 40.2 Å². The SMILES string of the molecule is CCc1nc2cc(N)ccc2n1C(C)c1sc(C)nc1C. The molecule has 1 atom stereocenters.